The highest BCUT2D eigenvalue weighted by atomic mass is 35.5. The molecule has 0 aromatic heterocycles. The van der Waals surface area contributed by atoms with Gasteiger partial charge >= 0.3 is 0 Å². The third-order valence-electron chi connectivity index (χ3n) is 3.94. The van der Waals surface area contributed by atoms with E-state index in [-0.39, 0.29) is 30.7 Å². The Hall–Kier alpha value is -0.970. The number of benzene rings is 1. The van der Waals surface area contributed by atoms with Crippen LogP contribution in [0.1, 0.15) is 19.8 Å². The first-order valence-electron chi connectivity index (χ1n) is 7.08. The van der Waals surface area contributed by atoms with Gasteiger partial charge in [0.05, 0.1) is 17.4 Å². The highest BCUT2D eigenvalue weighted by Gasteiger charge is 2.31. The average molecular weight is 332 g/mol. The summed E-state index contributed by atoms with van der Waals surface area (Å²) in [7, 11) is 0. The molecule has 3 rings (SSSR count). The molecule has 21 heavy (non-hydrogen) atoms. The normalized spacial score (nSPS) is 18.2. The lowest BCUT2D eigenvalue weighted by Crippen LogP contribution is -2.49. The summed E-state index contributed by atoms with van der Waals surface area (Å²) in [6.45, 7) is 4.52. The highest BCUT2D eigenvalue weighted by molar-refractivity contribution is 6.00. The molecule has 1 aliphatic carbocycles. The zero-order valence-corrected chi connectivity index (χ0v) is 13.8. The van der Waals surface area contributed by atoms with E-state index in [0.717, 1.165) is 31.2 Å². The Bertz CT molecular complexity index is 492. The van der Waals surface area contributed by atoms with Crippen molar-refractivity contribution < 1.29 is 4.79 Å². The van der Waals surface area contributed by atoms with Gasteiger partial charge in [0.2, 0.25) is 5.91 Å². The summed E-state index contributed by atoms with van der Waals surface area (Å²) >= 11 is 0. The Morgan fingerprint density at radius 2 is 1.86 bits per heavy atom. The van der Waals surface area contributed by atoms with Crippen molar-refractivity contribution >= 4 is 42.1 Å². The molecule has 0 radical (unpaired) electrons. The largest absolute Gasteiger partial charge is 0.368 e. The summed E-state index contributed by atoms with van der Waals surface area (Å²) in [6.07, 6.45) is 2.70. The van der Waals surface area contributed by atoms with Crippen LogP contribution in [0.15, 0.2) is 24.3 Å². The molecule has 0 spiro atoms. The number of rotatable bonds is 3. The summed E-state index contributed by atoms with van der Waals surface area (Å²) in [6, 6.07) is 7.72. The molecule has 2 aliphatic rings. The summed E-state index contributed by atoms with van der Waals surface area (Å²) in [5.74, 6) is 0.863. The number of para-hydroxylation sites is 2. The smallest absolute Gasteiger partial charge is 0.243 e. The molecule has 1 aromatic rings. The Kier molecular flexibility index (Phi) is 6.32. The van der Waals surface area contributed by atoms with E-state index in [4.69, 9.17) is 5.73 Å². The lowest BCUT2D eigenvalue weighted by Gasteiger charge is -2.38. The van der Waals surface area contributed by atoms with E-state index in [9.17, 15) is 4.79 Å². The number of carbonyl (C=O) groups is 1. The van der Waals surface area contributed by atoms with Crippen LogP contribution in [0.5, 0.6) is 0 Å². The van der Waals surface area contributed by atoms with Crippen LogP contribution in [0.2, 0.25) is 0 Å². The first-order valence-corrected chi connectivity index (χ1v) is 7.08. The topological polar surface area (TPSA) is 49.6 Å². The van der Waals surface area contributed by atoms with Crippen molar-refractivity contribution in [2.75, 3.05) is 29.4 Å². The van der Waals surface area contributed by atoms with Gasteiger partial charge in [0.1, 0.15) is 0 Å². The number of amides is 1. The molecule has 1 saturated carbocycles. The van der Waals surface area contributed by atoms with Crippen LogP contribution >= 0.6 is 24.8 Å². The molecule has 2 N–H and O–H groups in total. The van der Waals surface area contributed by atoms with Crippen LogP contribution < -0.4 is 15.5 Å². The molecule has 6 heteroatoms. The van der Waals surface area contributed by atoms with Gasteiger partial charge in [-0.25, -0.2) is 0 Å². The molecular formula is C15H23Cl2N3O. The van der Waals surface area contributed by atoms with Gasteiger partial charge in [-0.05, 0) is 37.8 Å². The Morgan fingerprint density at radius 3 is 2.43 bits per heavy atom. The van der Waals surface area contributed by atoms with Crippen LogP contribution in [0.25, 0.3) is 0 Å². The minimum absolute atomic E-state index is 0. The van der Waals surface area contributed by atoms with E-state index in [0.29, 0.717) is 0 Å². The quantitative estimate of drug-likeness (QED) is 0.925. The predicted molar refractivity (Wildman–Crippen MR) is 91.9 cm³/mol. The van der Waals surface area contributed by atoms with Crippen molar-refractivity contribution in [3.63, 3.8) is 0 Å². The second-order valence-electron chi connectivity index (χ2n) is 5.66. The van der Waals surface area contributed by atoms with Crippen LogP contribution in [-0.4, -0.2) is 31.6 Å². The molecule has 1 aliphatic heterocycles. The van der Waals surface area contributed by atoms with Crippen LogP contribution in [0.3, 0.4) is 0 Å². The predicted octanol–water partition coefficient (Wildman–Crippen LogP) is 2.44. The standard InChI is InChI=1S/C15H21N3O.2ClH/c1-11(16)15(19)18-9-8-17(10-12-6-7-12)13-4-2-3-5-14(13)18;;/h2-5,11-12H,6-10,16H2,1H3;2*1H. The van der Waals surface area contributed by atoms with Crippen LogP contribution in [0, 0.1) is 5.92 Å². The third-order valence-corrected chi connectivity index (χ3v) is 3.94. The minimum atomic E-state index is -0.442. The summed E-state index contributed by atoms with van der Waals surface area (Å²) in [4.78, 5) is 16.4. The van der Waals surface area contributed by atoms with Crippen molar-refractivity contribution in [3.8, 4) is 0 Å². The van der Waals surface area contributed by atoms with Crippen molar-refractivity contribution in [2.24, 2.45) is 11.7 Å². The molecule has 1 heterocycles. The van der Waals surface area contributed by atoms with Gasteiger partial charge in [-0.1, -0.05) is 12.1 Å². The number of fused-ring (bicyclic) bond motifs is 1. The van der Waals surface area contributed by atoms with E-state index in [2.05, 4.69) is 11.0 Å². The lowest BCUT2D eigenvalue weighted by molar-refractivity contribution is -0.119. The Labute approximate surface area is 138 Å². The maximum Gasteiger partial charge on any atom is 0.243 e. The maximum absolute atomic E-state index is 12.2. The molecule has 118 valence electrons. The summed E-state index contributed by atoms with van der Waals surface area (Å²) < 4.78 is 0. The fraction of sp³-hybridized carbons (Fsp3) is 0.533. The SMILES string of the molecule is CC(N)C(=O)N1CCN(CC2CC2)c2ccccc21.Cl.Cl. The van der Waals surface area contributed by atoms with Crippen LogP contribution in [0.4, 0.5) is 11.4 Å². The first-order chi connectivity index (χ1) is 9.16. The Balaban J connectivity index is 0.00000110. The van der Waals surface area contributed by atoms with Gasteiger partial charge in [0.15, 0.2) is 0 Å². The lowest BCUT2D eigenvalue weighted by atomic mass is 10.1. The maximum atomic E-state index is 12.2. The number of nitrogens with two attached hydrogens (primary N) is 1. The molecule has 0 bridgehead atoms. The molecule has 1 atom stereocenters. The van der Waals surface area contributed by atoms with E-state index >= 15 is 0 Å². The summed E-state index contributed by atoms with van der Waals surface area (Å²) in [5.41, 5.74) is 7.93. The second kappa shape index (κ2) is 7.34. The molecular weight excluding hydrogens is 309 g/mol. The zero-order chi connectivity index (χ0) is 13.4. The zero-order valence-electron chi connectivity index (χ0n) is 12.2. The van der Waals surface area contributed by atoms with Gasteiger partial charge in [0, 0.05) is 19.6 Å². The minimum Gasteiger partial charge on any atom is -0.368 e. The molecule has 1 fully saturated rings. The molecule has 1 aromatic carbocycles. The fourth-order valence-electron chi connectivity index (χ4n) is 2.70. The highest BCUT2D eigenvalue weighted by Crippen LogP contribution is 2.37. The Morgan fingerprint density at radius 1 is 1.24 bits per heavy atom. The molecule has 1 unspecified atom stereocenters. The number of carbonyl (C=O) groups excluding carboxylic acids is 1. The molecule has 0 saturated heterocycles. The van der Waals surface area contributed by atoms with E-state index in [1.54, 1.807) is 6.92 Å². The number of hydrogen-bond donors (Lipinski definition) is 1. The van der Waals surface area contributed by atoms with E-state index in [1.165, 1.54) is 18.5 Å². The van der Waals surface area contributed by atoms with Crippen molar-refractivity contribution in [1.82, 2.24) is 0 Å². The fourth-order valence-corrected chi connectivity index (χ4v) is 2.70. The number of halogens is 2. The van der Waals surface area contributed by atoms with E-state index < -0.39 is 6.04 Å². The molecule has 4 nitrogen and oxygen atoms in total. The average Bonchev–Trinajstić information content (AvgIpc) is 3.22. The van der Waals surface area contributed by atoms with Crippen molar-refractivity contribution in [1.29, 1.82) is 0 Å². The third kappa shape index (κ3) is 3.82. The number of nitrogens with zero attached hydrogens (tertiary/aromatic N) is 2. The van der Waals surface area contributed by atoms with Crippen molar-refractivity contribution in [2.45, 2.75) is 25.8 Å². The number of hydrogen-bond acceptors (Lipinski definition) is 3. The number of anilines is 2. The van der Waals surface area contributed by atoms with Gasteiger partial charge in [0.25, 0.3) is 0 Å². The van der Waals surface area contributed by atoms with E-state index in [1.807, 2.05) is 23.1 Å². The van der Waals surface area contributed by atoms with Gasteiger partial charge < -0.3 is 15.5 Å². The first kappa shape index (κ1) is 18.1. The van der Waals surface area contributed by atoms with Crippen molar-refractivity contribution in [3.05, 3.63) is 24.3 Å². The van der Waals surface area contributed by atoms with Gasteiger partial charge in [-0.15, -0.1) is 24.8 Å². The van der Waals surface area contributed by atoms with Gasteiger partial charge in [-0.2, -0.15) is 0 Å². The summed E-state index contributed by atoms with van der Waals surface area (Å²) in [5, 5.41) is 0. The monoisotopic (exact) mass is 331 g/mol. The van der Waals surface area contributed by atoms with Gasteiger partial charge in [-0.3, -0.25) is 4.79 Å². The van der Waals surface area contributed by atoms with Crippen LogP contribution in [-0.2, 0) is 4.79 Å². The second-order valence-corrected chi connectivity index (χ2v) is 5.66. The molecule has 1 amide bonds.